The fraction of sp³-hybridized carbons (Fsp3) is 1.00. The molecule has 2 saturated carbocycles. The molecule has 0 saturated heterocycles. The van der Waals surface area contributed by atoms with Gasteiger partial charge >= 0.3 is 0 Å². The van der Waals surface area contributed by atoms with Crippen molar-refractivity contribution in [1.29, 1.82) is 0 Å². The molecule has 2 atom stereocenters. The maximum Gasteiger partial charge on any atom is -0.0383 e. The molecular weight excluding hydrogens is 144 g/mol. The smallest absolute Gasteiger partial charge is 0.0383 e. The first kappa shape index (κ1) is 8.59. The minimum atomic E-state index is 0.940. The summed E-state index contributed by atoms with van der Waals surface area (Å²) in [6.45, 7) is 4.81. The summed E-state index contributed by atoms with van der Waals surface area (Å²) in [6.07, 6.45) is 9.25. The normalized spacial score (nSPS) is 41.8. The highest BCUT2D eigenvalue weighted by molar-refractivity contribution is 4.87. The molecule has 0 N–H and O–H groups in total. The van der Waals surface area contributed by atoms with Crippen molar-refractivity contribution in [2.24, 2.45) is 23.7 Å². The maximum absolute atomic E-state index is 2.40. The van der Waals surface area contributed by atoms with E-state index in [0.29, 0.717) is 0 Å². The van der Waals surface area contributed by atoms with Crippen LogP contribution in [0.4, 0.5) is 0 Å². The third-order valence-corrected chi connectivity index (χ3v) is 4.22. The van der Waals surface area contributed by atoms with Crippen LogP contribution in [-0.4, -0.2) is 0 Å². The van der Waals surface area contributed by atoms with Crippen LogP contribution >= 0.6 is 0 Å². The van der Waals surface area contributed by atoms with Gasteiger partial charge in [-0.1, -0.05) is 39.5 Å². The summed E-state index contributed by atoms with van der Waals surface area (Å²) < 4.78 is 0. The van der Waals surface area contributed by atoms with Crippen LogP contribution < -0.4 is 0 Å². The number of hydrogen-bond acceptors (Lipinski definition) is 0. The van der Waals surface area contributed by atoms with Gasteiger partial charge in [0, 0.05) is 0 Å². The van der Waals surface area contributed by atoms with Gasteiger partial charge in [-0.05, 0) is 36.5 Å². The molecule has 0 amide bonds. The van der Waals surface area contributed by atoms with Crippen LogP contribution in [0.15, 0.2) is 0 Å². The standard InChI is InChI=1S/C12H22/c1-9(2)12-7-10-5-3-4-6-11(10)8-12/h9-12H,3-8H2,1-2H3. The van der Waals surface area contributed by atoms with Crippen LogP contribution in [0.3, 0.4) is 0 Å². The second-order valence-electron chi connectivity index (χ2n) is 5.28. The quantitative estimate of drug-likeness (QED) is 0.555. The van der Waals surface area contributed by atoms with Gasteiger partial charge in [0.15, 0.2) is 0 Å². The Morgan fingerprint density at radius 2 is 1.42 bits per heavy atom. The van der Waals surface area contributed by atoms with Crippen LogP contribution in [0.5, 0.6) is 0 Å². The molecule has 2 fully saturated rings. The molecule has 0 aromatic heterocycles. The summed E-state index contributed by atoms with van der Waals surface area (Å²) in [5.74, 6) is 4.27. The summed E-state index contributed by atoms with van der Waals surface area (Å²) >= 11 is 0. The highest BCUT2D eigenvalue weighted by Crippen LogP contribution is 2.47. The average Bonchev–Trinajstić information content (AvgIpc) is 2.46. The third kappa shape index (κ3) is 1.53. The van der Waals surface area contributed by atoms with Crippen LogP contribution in [0.2, 0.25) is 0 Å². The summed E-state index contributed by atoms with van der Waals surface area (Å²) in [6, 6.07) is 0. The lowest BCUT2D eigenvalue weighted by Crippen LogP contribution is -2.12. The van der Waals surface area contributed by atoms with Gasteiger partial charge < -0.3 is 0 Å². The molecule has 0 bridgehead atoms. The monoisotopic (exact) mass is 166 g/mol. The van der Waals surface area contributed by atoms with Gasteiger partial charge in [0.05, 0.1) is 0 Å². The SMILES string of the molecule is CC(C)C1CC2CCCCC2C1. The second kappa shape index (κ2) is 3.40. The van der Waals surface area contributed by atoms with Crippen molar-refractivity contribution < 1.29 is 0 Å². The Morgan fingerprint density at radius 1 is 0.917 bits per heavy atom. The van der Waals surface area contributed by atoms with Gasteiger partial charge in [0.1, 0.15) is 0 Å². The van der Waals surface area contributed by atoms with Crippen molar-refractivity contribution in [3.8, 4) is 0 Å². The number of fused-ring (bicyclic) bond motifs is 1. The van der Waals surface area contributed by atoms with E-state index in [0.717, 1.165) is 23.7 Å². The highest BCUT2D eigenvalue weighted by atomic mass is 14.4. The van der Waals surface area contributed by atoms with E-state index >= 15 is 0 Å². The molecule has 2 unspecified atom stereocenters. The number of hydrogen-bond donors (Lipinski definition) is 0. The van der Waals surface area contributed by atoms with E-state index < -0.39 is 0 Å². The lowest BCUT2D eigenvalue weighted by molar-refractivity contribution is 0.277. The zero-order chi connectivity index (χ0) is 8.55. The molecule has 0 heterocycles. The van der Waals surface area contributed by atoms with E-state index in [9.17, 15) is 0 Å². The minimum Gasteiger partial charge on any atom is -0.0625 e. The lowest BCUT2D eigenvalue weighted by Gasteiger charge is -2.24. The molecule has 0 aromatic rings. The Kier molecular flexibility index (Phi) is 2.43. The molecule has 2 aliphatic carbocycles. The Morgan fingerprint density at radius 3 is 1.83 bits per heavy atom. The molecule has 0 aromatic carbocycles. The van der Waals surface area contributed by atoms with Gasteiger partial charge in [-0.2, -0.15) is 0 Å². The Balaban J connectivity index is 1.94. The van der Waals surface area contributed by atoms with E-state index in [1.165, 1.54) is 12.8 Å². The lowest BCUT2D eigenvalue weighted by atomic mass is 9.82. The zero-order valence-electron chi connectivity index (χ0n) is 8.55. The van der Waals surface area contributed by atoms with Crippen LogP contribution in [0, 0.1) is 23.7 Å². The first-order valence-corrected chi connectivity index (χ1v) is 5.77. The Hall–Kier alpha value is 0. The van der Waals surface area contributed by atoms with Crippen molar-refractivity contribution in [3.05, 3.63) is 0 Å². The first-order valence-electron chi connectivity index (χ1n) is 5.77. The van der Waals surface area contributed by atoms with Gasteiger partial charge in [0.25, 0.3) is 0 Å². The molecule has 0 aliphatic heterocycles. The fourth-order valence-corrected chi connectivity index (χ4v) is 3.32. The van der Waals surface area contributed by atoms with Crippen LogP contribution in [-0.2, 0) is 0 Å². The maximum atomic E-state index is 2.40. The zero-order valence-corrected chi connectivity index (χ0v) is 8.55. The average molecular weight is 166 g/mol. The summed E-state index contributed by atoms with van der Waals surface area (Å²) in [5, 5.41) is 0. The van der Waals surface area contributed by atoms with E-state index in [2.05, 4.69) is 13.8 Å². The summed E-state index contributed by atoms with van der Waals surface area (Å²) in [5.41, 5.74) is 0. The Bertz CT molecular complexity index is 134. The molecule has 70 valence electrons. The Labute approximate surface area is 76.7 Å². The second-order valence-corrected chi connectivity index (χ2v) is 5.28. The van der Waals surface area contributed by atoms with Gasteiger partial charge in [-0.15, -0.1) is 0 Å². The van der Waals surface area contributed by atoms with E-state index in [1.807, 2.05) is 0 Å². The van der Waals surface area contributed by atoms with E-state index in [-0.39, 0.29) is 0 Å². The van der Waals surface area contributed by atoms with Gasteiger partial charge in [-0.25, -0.2) is 0 Å². The molecule has 2 aliphatic rings. The topological polar surface area (TPSA) is 0 Å². The minimum absolute atomic E-state index is 0.940. The van der Waals surface area contributed by atoms with Crippen molar-refractivity contribution in [2.75, 3.05) is 0 Å². The summed E-state index contributed by atoms with van der Waals surface area (Å²) in [4.78, 5) is 0. The van der Waals surface area contributed by atoms with Crippen LogP contribution in [0.1, 0.15) is 52.4 Å². The van der Waals surface area contributed by atoms with Crippen molar-refractivity contribution in [3.63, 3.8) is 0 Å². The predicted molar refractivity (Wildman–Crippen MR) is 53.0 cm³/mol. The molecule has 0 heteroatoms. The van der Waals surface area contributed by atoms with Gasteiger partial charge in [0.2, 0.25) is 0 Å². The highest BCUT2D eigenvalue weighted by Gasteiger charge is 2.36. The molecule has 12 heavy (non-hydrogen) atoms. The van der Waals surface area contributed by atoms with Crippen LogP contribution in [0.25, 0.3) is 0 Å². The number of rotatable bonds is 1. The van der Waals surface area contributed by atoms with Gasteiger partial charge in [-0.3, -0.25) is 0 Å². The molecule has 0 nitrogen and oxygen atoms in total. The first-order chi connectivity index (χ1) is 5.77. The molecule has 0 radical (unpaired) electrons. The largest absolute Gasteiger partial charge is 0.0625 e. The molecular formula is C12H22. The van der Waals surface area contributed by atoms with Crippen molar-refractivity contribution in [1.82, 2.24) is 0 Å². The molecule has 2 rings (SSSR count). The van der Waals surface area contributed by atoms with Crippen molar-refractivity contribution >= 4 is 0 Å². The van der Waals surface area contributed by atoms with Crippen molar-refractivity contribution in [2.45, 2.75) is 52.4 Å². The summed E-state index contributed by atoms with van der Waals surface area (Å²) in [7, 11) is 0. The van der Waals surface area contributed by atoms with E-state index in [1.54, 1.807) is 25.7 Å². The van der Waals surface area contributed by atoms with E-state index in [4.69, 9.17) is 0 Å². The third-order valence-electron chi connectivity index (χ3n) is 4.22. The predicted octanol–water partition coefficient (Wildman–Crippen LogP) is 3.86. The fourth-order valence-electron chi connectivity index (χ4n) is 3.32. The molecule has 0 spiro atoms.